The fraction of sp³-hybridized carbons (Fsp3) is 0.588. The van der Waals surface area contributed by atoms with Gasteiger partial charge in [0.1, 0.15) is 5.75 Å². The quantitative estimate of drug-likeness (QED) is 0.876. The number of nitrogens with zero attached hydrogens (tertiary/aromatic N) is 1. The molecule has 1 amide bonds. The van der Waals surface area contributed by atoms with Crippen molar-refractivity contribution in [1.82, 2.24) is 4.31 Å². The lowest BCUT2D eigenvalue weighted by Crippen LogP contribution is -2.41. The Morgan fingerprint density at radius 1 is 1.29 bits per heavy atom. The minimum Gasteiger partial charge on any atom is -0.496 e. The van der Waals surface area contributed by atoms with E-state index >= 15 is 0 Å². The van der Waals surface area contributed by atoms with Crippen molar-refractivity contribution >= 4 is 15.9 Å². The zero-order chi connectivity index (χ0) is 18.1. The summed E-state index contributed by atoms with van der Waals surface area (Å²) in [5.74, 6) is 0.262. The van der Waals surface area contributed by atoms with Gasteiger partial charge in [-0.1, -0.05) is 13.8 Å². The van der Waals surface area contributed by atoms with Gasteiger partial charge in [0.25, 0.3) is 0 Å². The molecule has 134 valence electrons. The van der Waals surface area contributed by atoms with E-state index in [1.165, 1.54) is 4.31 Å². The standard InChI is InChI=1S/C17H26N2O4S/c1-11(2)14-10-16(12(3)9-15(14)23-4)24(21,22)19-7-5-13(6-8-19)17(18)20/h9-11,13H,5-8H2,1-4H3,(H2,18,20). The molecule has 24 heavy (non-hydrogen) atoms. The predicted molar refractivity (Wildman–Crippen MR) is 92.5 cm³/mol. The van der Waals surface area contributed by atoms with Gasteiger partial charge in [-0.2, -0.15) is 4.31 Å². The fourth-order valence-electron chi connectivity index (χ4n) is 3.10. The van der Waals surface area contributed by atoms with Gasteiger partial charge in [0, 0.05) is 19.0 Å². The van der Waals surface area contributed by atoms with Crippen LogP contribution in [0.1, 0.15) is 43.7 Å². The number of primary amides is 1. The van der Waals surface area contributed by atoms with Gasteiger partial charge in [0.15, 0.2) is 0 Å². The minimum absolute atomic E-state index is 0.148. The second kappa shape index (κ2) is 7.11. The van der Waals surface area contributed by atoms with Crippen molar-refractivity contribution < 1.29 is 17.9 Å². The Bertz CT molecular complexity index is 720. The second-order valence-electron chi connectivity index (χ2n) is 6.60. The lowest BCUT2D eigenvalue weighted by atomic mass is 9.98. The molecule has 1 heterocycles. The van der Waals surface area contributed by atoms with E-state index in [9.17, 15) is 13.2 Å². The molecule has 1 fully saturated rings. The van der Waals surface area contributed by atoms with E-state index in [1.54, 1.807) is 26.2 Å². The monoisotopic (exact) mass is 354 g/mol. The number of sulfonamides is 1. The maximum atomic E-state index is 13.0. The molecule has 0 bridgehead atoms. The van der Waals surface area contributed by atoms with Crippen LogP contribution in [0, 0.1) is 12.8 Å². The van der Waals surface area contributed by atoms with Gasteiger partial charge in [-0.05, 0) is 48.9 Å². The summed E-state index contributed by atoms with van der Waals surface area (Å²) in [5.41, 5.74) is 6.85. The SMILES string of the molecule is COc1cc(C)c(S(=O)(=O)N2CCC(C(N)=O)CC2)cc1C(C)C. The summed E-state index contributed by atoms with van der Waals surface area (Å²) in [6.45, 7) is 6.41. The molecule has 0 atom stereocenters. The van der Waals surface area contributed by atoms with Crippen molar-refractivity contribution in [3.8, 4) is 5.75 Å². The van der Waals surface area contributed by atoms with E-state index in [1.807, 2.05) is 13.8 Å². The largest absolute Gasteiger partial charge is 0.496 e. The second-order valence-corrected chi connectivity index (χ2v) is 8.50. The number of rotatable bonds is 5. The summed E-state index contributed by atoms with van der Waals surface area (Å²) >= 11 is 0. The van der Waals surface area contributed by atoms with E-state index in [0.29, 0.717) is 42.1 Å². The summed E-state index contributed by atoms with van der Waals surface area (Å²) in [4.78, 5) is 11.6. The number of carbonyl (C=O) groups excluding carboxylic acids is 1. The topological polar surface area (TPSA) is 89.7 Å². The van der Waals surface area contributed by atoms with Crippen LogP contribution in [0.5, 0.6) is 5.75 Å². The number of aryl methyl sites for hydroxylation is 1. The lowest BCUT2D eigenvalue weighted by molar-refractivity contribution is -0.122. The molecule has 0 saturated carbocycles. The molecule has 1 saturated heterocycles. The molecular weight excluding hydrogens is 328 g/mol. The van der Waals surface area contributed by atoms with Crippen molar-refractivity contribution in [3.05, 3.63) is 23.3 Å². The third-order valence-corrected chi connectivity index (χ3v) is 6.66. The van der Waals surface area contributed by atoms with Crippen molar-refractivity contribution in [2.45, 2.75) is 44.4 Å². The zero-order valence-corrected chi connectivity index (χ0v) is 15.5. The number of methoxy groups -OCH3 is 1. The van der Waals surface area contributed by atoms with Gasteiger partial charge < -0.3 is 10.5 Å². The zero-order valence-electron chi connectivity index (χ0n) is 14.7. The fourth-order valence-corrected chi connectivity index (χ4v) is 4.81. The first kappa shape index (κ1) is 18.7. The first-order chi connectivity index (χ1) is 11.2. The highest BCUT2D eigenvalue weighted by Crippen LogP contribution is 2.33. The molecule has 1 aliphatic heterocycles. The highest BCUT2D eigenvalue weighted by molar-refractivity contribution is 7.89. The average Bonchev–Trinajstić information content (AvgIpc) is 2.53. The lowest BCUT2D eigenvalue weighted by Gasteiger charge is -2.30. The number of amides is 1. The molecule has 2 N–H and O–H groups in total. The molecule has 0 aliphatic carbocycles. The summed E-state index contributed by atoms with van der Waals surface area (Å²) in [6, 6.07) is 3.49. The van der Waals surface area contributed by atoms with Gasteiger partial charge >= 0.3 is 0 Å². The molecule has 7 heteroatoms. The number of hydrogen-bond donors (Lipinski definition) is 1. The van der Waals surface area contributed by atoms with Crippen LogP contribution >= 0.6 is 0 Å². The molecule has 0 aromatic heterocycles. The van der Waals surface area contributed by atoms with Crippen LogP contribution in [0.15, 0.2) is 17.0 Å². The Kier molecular flexibility index (Phi) is 5.55. The van der Waals surface area contributed by atoms with Crippen molar-refractivity contribution in [2.75, 3.05) is 20.2 Å². The molecule has 0 unspecified atom stereocenters. The number of piperidine rings is 1. The van der Waals surface area contributed by atoms with Crippen molar-refractivity contribution in [2.24, 2.45) is 11.7 Å². The van der Waals surface area contributed by atoms with Crippen LogP contribution in [0.3, 0.4) is 0 Å². The normalized spacial score (nSPS) is 17.2. The Hall–Kier alpha value is -1.60. The van der Waals surface area contributed by atoms with E-state index in [2.05, 4.69) is 0 Å². The van der Waals surface area contributed by atoms with E-state index in [4.69, 9.17) is 10.5 Å². The molecule has 1 aromatic rings. The summed E-state index contributed by atoms with van der Waals surface area (Å²) in [7, 11) is -2.01. The van der Waals surface area contributed by atoms with Crippen molar-refractivity contribution in [1.29, 1.82) is 0 Å². The predicted octanol–water partition coefficient (Wildman–Crippen LogP) is 2.01. The van der Waals surface area contributed by atoms with Crippen LogP contribution in [-0.4, -0.2) is 38.8 Å². The van der Waals surface area contributed by atoms with Crippen LogP contribution < -0.4 is 10.5 Å². The number of carbonyl (C=O) groups is 1. The van der Waals surface area contributed by atoms with Gasteiger partial charge in [-0.15, -0.1) is 0 Å². The number of ether oxygens (including phenoxy) is 1. The number of nitrogens with two attached hydrogens (primary N) is 1. The summed E-state index contributed by atoms with van der Waals surface area (Å²) < 4.78 is 32.9. The van der Waals surface area contributed by atoms with Crippen LogP contribution in [0.2, 0.25) is 0 Å². The molecule has 1 aliphatic rings. The van der Waals surface area contributed by atoms with Crippen molar-refractivity contribution in [3.63, 3.8) is 0 Å². The van der Waals surface area contributed by atoms with E-state index < -0.39 is 10.0 Å². The molecule has 1 aromatic carbocycles. The Morgan fingerprint density at radius 3 is 2.33 bits per heavy atom. The number of hydrogen-bond acceptors (Lipinski definition) is 4. The van der Waals surface area contributed by atoms with E-state index in [0.717, 1.165) is 5.56 Å². The molecule has 0 radical (unpaired) electrons. The van der Waals surface area contributed by atoms with Crippen LogP contribution in [0.25, 0.3) is 0 Å². The number of benzene rings is 1. The molecule has 6 nitrogen and oxygen atoms in total. The maximum absolute atomic E-state index is 13.0. The first-order valence-corrected chi connectivity index (χ1v) is 9.60. The third-order valence-electron chi connectivity index (χ3n) is 4.62. The average molecular weight is 354 g/mol. The minimum atomic E-state index is -3.60. The maximum Gasteiger partial charge on any atom is 0.243 e. The van der Waals surface area contributed by atoms with Crippen LogP contribution in [-0.2, 0) is 14.8 Å². The molecular formula is C17H26N2O4S. The summed E-state index contributed by atoms with van der Waals surface area (Å²) in [6.07, 6.45) is 0.946. The summed E-state index contributed by atoms with van der Waals surface area (Å²) in [5, 5.41) is 0. The highest BCUT2D eigenvalue weighted by Gasteiger charge is 2.32. The Labute approximate surface area is 144 Å². The first-order valence-electron chi connectivity index (χ1n) is 8.16. The third kappa shape index (κ3) is 3.57. The van der Waals surface area contributed by atoms with E-state index in [-0.39, 0.29) is 17.7 Å². The van der Waals surface area contributed by atoms with Gasteiger partial charge in [-0.3, -0.25) is 4.79 Å². The van der Waals surface area contributed by atoms with Crippen LogP contribution in [0.4, 0.5) is 0 Å². The highest BCUT2D eigenvalue weighted by atomic mass is 32.2. The Balaban J connectivity index is 2.36. The van der Waals surface area contributed by atoms with Gasteiger partial charge in [0.05, 0.1) is 12.0 Å². The smallest absolute Gasteiger partial charge is 0.243 e. The van der Waals surface area contributed by atoms with Gasteiger partial charge in [0.2, 0.25) is 15.9 Å². The molecule has 0 spiro atoms. The van der Waals surface area contributed by atoms with Gasteiger partial charge in [-0.25, -0.2) is 8.42 Å². The molecule has 2 rings (SSSR count). The Morgan fingerprint density at radius 2 is 1.88 bits per heavy atom.